The summed E-state index contributed by atoms with van der Waals surface area (Å²) in [5, 5.41) is 12.0. The molecule has 0 fully saturated rings. The van der Waals surface area contributed by atoms with Crippen LogP contribution in [0.1, 0.15) is 16.7 Å². The molecule has 6 heteroatoms. The minimum absolute atomic E-state index is 0.00157. The van der Waals surface area contributed by atoms with Crippen molar-refractivity contribution in [2.45, 2.75) is 13.5 Å². The Bertz CT molecular complexity index is 672. The Balaban J connectivity index is 2.35. The number of amidine groups is 1. The molecule has 0 atom stereocenters. The first-order chi connectivity index (χ1) is 10.0. The number of anilines is 1. The molecule has 1 aromatic heterocycles. The van der Waals surface area contributed by atoms with E-state index in [1.807, 2.05) is 24.9 Å². The van der Waals surface area contributed by atoms with Crippen molar-refractivity contribution in [2.24, 2.45) is 10.9 Å². The molecule has 0 saturated heterocycles. The number of pyridine rings is 1. The molecule has 2 aromatic rings. The largest absolute Gasteiger partial charge is 0.409 e. The van der Waals surface area contributed by atoms with E-state index in [-0.39, 0.29) is 11.7 Å². The highest BCUT2D eigenvalue weighted by Crippen LogP contribution is 2.21. The van der Waals surface area contributed by atoms with Crippen LogP contribution in [0.15, 0.2) is 41.7 Å². The third kappa shape index (κ3) is 3.28. The van der Waals surface area contributed by atoms with Gasteiger partial charge in [-0.25, -0.2) is 9.37 Å². The van der Waals surface area contributed by atoms with Gasteiger partial charge in [0.25, 0.3) is 0 Å². The second-order valence-electron chi connectivity index (χ2n) is 4.80. The lowest BCUT2D eigenvalue weighted by molar-refractivity contribution is 0.318. The van der Waals surface area contributed by atoms with E-state index in [0.717, 1.165) is 11.1 Å². The van der Waals surface area contributed by atoms with Gasteiger partial charge in [0.2, 0.25) is 0 Å². The van der Waals surface area contributed by atoms with Crippen LogP contribution in [0.4, 0.5) is 10.2 Å². The van der Waals surface area contributed by atoms with Gasteiger partial charge in [-0.2, -0.15) is 0 Å². The van der Waals surface area contributed by atoms with Crippen molar-refractivity contribution in [3.8, 4) is 0 Å². The van der Waals surface area contributed by atoms with Gasteiger partial charge < -0.3 is 15.8 Å². The standard InChI is InChI=1S/C15H17FN4O/c1-10-6-7-18-15(13(10)14(17)19-21)20(2)9-11-4-3-5-12(16)8-11/h3-8,21H,9H2,1-2H3,(H2,17,19). The Morgan fingerprint density at radius 3 is 2.86 bits per heavy atom. The summed E-state index contributed by atoms with van der Waals surface area (Å²) < 4.78 is 13.2. The smallest absolute Gasteiger partial charge is 0.174 e. The topological polar surface area (TPSA) is 74.7 Å². The quantitative estimate of drug-likeness (QED) is 0.392. The van der Waals surface area contributed by atoms with Crippen LogP contribution in [-0.4, -0.2) is 23.1 Å². The summed E-state index contributed by atoms with van der Waals surface area (Å²) in [5.74, 6) is 0.297. The van der Waals surface area contributed by atoms with E-state index in [4.69, 9.17) is 10.9 Å². The minimum Gasteiger partial charge on any atom is -0.409 e. The van der Waals surface area contributed by atoms with Gasteiger partial charge in [0.1, 0.15) is 11.6 Å². The number of oxime groups is 1. The summed E-state index contributed by atoms with van der Waals surface area (Å²) in [4.78, 5) is 6.12. The van der Waals surface area contributed by atoms with Crippen molar-refractivity contribution in [2.75, 3.05) is 11.9 Å². The van der Waals surface area contributed by atoms with Crippen LogP contribution in [0.3, 0.4) is 0 Å². The summed E-state index contributed by atoms with van der Waals surface area (Å²) in [6.45, 7) is 2.31. The summed E-state index contributed by atoms with van der Waals surface area (Å²) in [7, 11) is 1.82. The molecule has 3 N–H and O–H groups in total. The molecule has 0 aliphatic rings. The van der Waals surface area contributed by atoms with Crippen molar-refractivity contribution < 1.29 is 9.60 Å². The second-order valence-corrected chi connectivity index (χ2v) is 4.80. The average molecular weight is 288 g/mol. The highest BCUT2D eigenvalue weighted by Gasteiger charge is 2.15. The van der Waals surface area contributed by atoms with E-state index in [1.54, 1.807) is 18.3 Å². The van der Waals surface area contributed by atoms with E-state index in [2.05, 4.69) is 10.1 Å². The maximum absolute atomic E-state index is 13.2. The van der Waals surface area contributed by atoms with Crippen LogP contribution in [0.5, 0.6) is 0 Å². The van der Waals surface area contributed by atoms with Crippen molar-refractivity contribution in [3.05, 3.63) is 59.0 Å². The van der Waals surface area contributed by atoms with Crippen LogP contribution in [-0.2, 0) is 6.54 Å². The maximum Gasteiger partial charge on any atom is 0.174 e. The summed E-state index contributed by atoms with van der Waals surface area (Å²) in [6.07, 6.45) is 1.65. The van der Waals surface area contributed by atoms with Crippen molar-refractivity contribution in [1.29, 1.82) is 0 Å². The summed E-state index contributed by atoms with van der Waals surface area (Å²) in [5.41, 5.74) is 7.95. The van der Waals surface area contributed by atoms with Crippen LogP contribution < -0.4 is 10.6 Å². The van der Waals surface area contributed by atoms with E-state index in [1.165, 1.54) is 12.1 Å². The van der Waals surface area contributed by atoms with Gasteiger partial charge in [0.15, 0.2) is 5.84 Å². The number of nitrogens with two attached hydrogens (primary N) is 1. The highest BCUT2D eigenvalue weighted by atomic mass is 19.1. The number of benzene rings is 1. The molecule has 0 aliphatic heterocycles. The minimum atomic E-state index is -0.283. The number of nitrogens with zero attached hydrogens (tertiary/aromatic N) is 3. The lowest BCUT2D eigenvalue weighted by Gasteiger charge is -2.22. The monoisotopic (exact) mass is 288 g/mol. The first-order valence-corrected chi connectivity index (χ1v) is 6.42. The molecule has 0 saturated carbocycles. The zero-order valence-electron chi connectivity index (χ0n) is 11.9. The first kappa shape index (κ1) is 14.8. The molecule has 5 nitrogen and oxygen atoms in total. The molecule has 110 valence electrons. The van der Waals surface area contributed by atoms with Crippen molar-refractivity contribution >= 4 is 11.7 Å². The molecule has 0 amide bonds. The molecule has 1 aromatic carbocycles. The zero-order chi connectivity index (χ0) is 15.4. The average Bonchev–Trinajstić information content (AvgIpc) is 2.46. The fraction of sp³-hybridized carbons (Fsp3) is 0.200. The van der Waals surface area contributed by atoms with Crippen LogP contribution >= 0.6 is 0 Å². The molecule has 0 radical (unpaired) electrons. The number of hydrogen-bond donors (Lipinski definition) is 2. The Morgan fingerprint density at radius 2 is 2.19 bits per heavy atom. The lowest BCUT2D eigenvalue weighted by Crippen LogP contribution is -2.24. The Morgan fingerprint density at radius 1 is 1.43 bits per heavy atom. The van der Waals surface area contributed by atoms with Crippen LogP contribution in [0, 0.1) is 12.7 Å². The summed E-state index contributed by atoms with van der Waals surface area (Å²) >= 11 is 0. The molecule has 0 unspecified atom stereocenters. The van der Waals surface area contributed by atoms with Crippen molar-refractivity contribution in [3.63, 3.8) is 0 Å². The summed E-state index contributed by atoms with van der Waals surface area (Å²) in [6, 6.07) is 8.14. The first-order valence-electron chi connectivity index (χ1n) is 6.42. The number of halogens is 1. The van der Waals surface area contributed by atoms with Gasteiger partial charge in [-0.15, -0.1) is 0 Å². The molecule has 0 aliphatic carbocycles. The third-order valence-corrected chi connectivity index (χ3v) is 3.17. The number of rotatable bonds is 4. The molecular weight excluding hydrogens is 271 g/mol. The Hall–Kier alpha value is -2.63. The molecular formula is C15H17FN4O. The maximum atomic E-state index is 13.2. The van der Waals surface area contributed by atoms with E-state index in [0.29, 0.717) is 17.9 Å². The zero-order valence-corrected chi connectivity index (χ0v) is 11.9. The second kappa shape index (κ2) is 6.21. The fourth-order valence-corrected chi connectivity index (χ4v) is 2.18. The fourth-order valence-electron chi connectivity index (χ4n) is 2.18. The molecule has 21 heavy (non-hydrogen) atoms. The third-order valence-electron chi connectivity index (χ3n) is 3.17. The van der Waals surface area contributed by atoms with E-state index >= 15 is 0 Å². The van der Waals surface area contributed by atoms with Crippen LogP contribution in [0.2, 0.25) is 0 Å². The van der Waals surface area contributed by atoms with E-state index < -0.39 is 0 Å². The Labute approximate surface area is 122 Å². The predicted molar refractivity (Wildman–Crippen MR) is 80.0 cm³/mol. The van der Waals surface area contributed by atoms with Gasteiger partial charge in [0.05, 0.1) is 5.56 Å². The normalized spacial score (nSPS) is 11.5. The van der Waals surface area contributed by atoms with Gasteiger partial charge in [-0.3, -0.25) is 0 Å². The van der Waals surface area contributed by atoms with Gasteiger partial charge in [-0.05, 0) is 36.2 Å². The van der Waals surface area contributed by atoms with E-state index in [9.17, 15) is 4.39 Å². The van der Waals surface area contributed by atoms with Crippen LogP contribution in [0.25, 0.3) is 0 Å². The van der Waals surface area contributed by atoms with Gasteiger partial charge in [0, 0.05) is 19.8 Å². The van der Waals surface area contributed by atoms with Gasteiger partial charge in [-0.1, -0.05) is 17.3 Å². The number of aromatic nitrogens is 1. The van der Waals surface area contributed by atoms with Gasteiger partial charge >= 0.3 is 0 Å². The molecule has 0 spiro atoms. The SMILES string of the molecule is Cc1ccnc(N(C)Cc2cccc(F)c2)c1/C(N)=N/O. The molecule has 2 rings (SSSR count). The molecule has 0 bridgehead atoms. The Kier molecular flexibility index (Phi) is 4.37. The van der Waals surface area contributed by atoms with Crippen molar-refractivity contribution in [1.82, 2.24) is 4.98 Å². The molecule has 1 heterocycles. The number of aryl methyl sites for hydroxylation is 1. The number of hydrogen-bond acceptors (Lipinski definition) is 4. The highest BCUT2D eigenvalue weighted by molar-refractivity contribution is 6.02. The lowest BCUT2D eigenvalue weighted by atomic mass is 10.1. The predicted octanol–water partition coefficient (Wildman–Crippen LogP) is 2.26.